The first-order chi connectivity index (χ1) is 5.52. The SMILES string of the molecule is CC(C)NC[C@@H](O)COC(C)C. The summed E-state index contributed by atoms with van der Waals surface area (Å²) in [5, 5.41) is 12.5. The van der Waals surface area contributed by atoms with Gasteiger partial charge in [0.2, 0.25) is 0 Å². The molecule has 0 amide bonds. The second kappa shape index (κ2) is 6.40. The maximum absolute atomic E-state index is 9.36. The topological polar surface area (TPSA) is 41.5 Å². The van der Waals surface area contributed by atoms with Gasteiger partial charge in [0.1, 0.15) is 0 Å². The van der Waals surface area contributed by atoms with Crippen molar-refractivity contribution in [2.24, 2.45) is 0 Å². The first-order valence-electron chi connectivity index (χ1n) is 4.55. The highest BCUT2D eigenvalue weighted by Gasteiger charge is 2.05. The molecular weight excluding hydrogens is 154 g/mol. The molecule has 0 saturated heterocycles. The lowest BCUT2D eigenvalue weighted by Gasteiger charge is -2.15. The van der Waals surface area contributed by atoms with Gasteiger partial charge in [0.15, 0.2) is 0 Å². The van der Waals surface area contributed by atoms with E-state index in [2.05, 4.69) is 19.2 Å². The lowest BCUT2D eigenvalue weighted by atomic mass is 10.3. The zero-order valence-electron chi connectivity index (χ0n) is 8.50. The molecule has 0 saturated carbocycles. The Hall–Kier alpha value is -0.120. The van der Waals surface area contributed by atoms with Crippen LogP contribution in [-0.2, 0) is 4.74 Å². The minimum atomic E-state index is -0.394. The molecule has 0 aliphatic rings. The Morgan fingerprint density at radius 1 is 1.25 bits per heavy atom. The third kappa shape index (κ3) is 7.98. The smallest absolute Gasteiger partial charge is 0.0897 e. The van der Waals surface area contributed by atoms with Crippen LogP contribution >= 0.6 is 0 Å². The fraction of sp³-hybridized carbons (Fsp3) is 1.00. The van der Waals surface area contributed by atoms with Crippen molar-refractivity contribution >= 4 is 0 Å². The Morgan fingerprint density at radius 3 is 2.25 bits per heavy atom. The van der Waals surface area contributed by atoms with Gasteiger partial charge in [0.25, 0.3) is 0 Å². The molecule has 0 unspecified atom stereocenters. The summed E-state index contributed by atoms with van der Waals surface area (Å²) in [6.45, 7) is 9.04. The van der Waals surface area contributed by atoms with Crippen molar-refractivity contribution in [1.82, 2.24) is 5.32 Å². The Morgan fingerprint density at radius 2 is 1.83 bits per heavy atom. The molecule has 3 heteroatoms. The highest BCUT2D eigenvalue weighted by Crippen LogP contribution is 1.91. The number of hydrogen-bond acceptors (Lipinski definition) is 3. The monoisotopic (exact) mass is 175 g/mol. The van der Waals surface area contributed by atoms with E-state index in [0.717, 1.165) is 0 Å². The van der Waals surface area contributed by atoms with E-state index in [1.165, 1.54) is 0 Å². The van der Waals surface area contributed by atoms with Crippen molar-refractivity contribution in [3.8, 4) is 0 Å². The van der Waals surface area contributed by atoms with Gasteiger partial charge in [0, 0.05) is 12.6 Å². The number of aliphatic hydroxyl groups excluding tert-OH is 1. The molecule has 2 N–H and O–H groups in total. The van der Waals surface area contributed by atoms with Crippen LogP contribution in [0.15, 0.2) is 0 Å². The van der Waals surface area contributed by atoms with E-state index in [0.29, 0.717) is 19.2 Å². The van der Waals surface area contributed by atoms with Crippen LogP contribution in [0.5, 0.6) is 0 Å². The van der Waals surface area contributed by atoms with E-state index in [1.54, 1.807) is 0 Å². The summed E-state index contributed by atoms with van der Waals surface area (Å²) >= 11 is 0. The largest absolute Gasteiger partial charge is 0.389 e. The van der Waals surface area contributed by atoms with Crippen molar-refractivity contribution < 1.29 is 9.84 Å². The number of ether oxygens (including phenoxy) is 1. The van der Waals surface area contributed by atoms with Gasteiger partial charge in [-0.05, 0) is 13.8 Å². The van der Waals surface area contributed by atoms with Gasteiger partial charge in [-0.2, -0.15) is 0 Å². The molecule has 0 spiro atoms. The Kier molecular flexibility index (Phi) is 6.34. The number of aliphatic hydroxyl groups is 1. The van der Waals surface area contributed by atoms with Crippen molar-refractivity contribution in [1.29, 1.82) is 0 Å². The second-order valence-electron chi connectivity index (χ2n) is 3.60. The Balaban J connectivity index is 3.27. The first kappa shape index (κ1) is 11.9. The number of nitrogens with one attached hydrogen (secondary N) is 1. The maximum Gasteiger partial charge on any atom is 0.0897 e. The van der Waals surface area contributed by atoms with E-state index in [9.17, 15) is 5.11 Å². The van der Waals surface area contributed by atoms with Gasteiger partial charge >= 0.3 is 0 Å². The molecule has 0 fully saturated rings. The lowest BCUT2D eigenvalue weighted by Crippen LogP contribution is -2.34. The van der Waals surface area contributed by atoms with E-state index in [-0.39, 0.29) is 6.10 Å². The highest BCUT2D eigenvalue weighted by atomic mass is 16.5. The number of hydrogen-bond donors (Lipinski definition) is 2. The van der Waals surface area contributed by atoms with E-state index in [1.807, 2.05) is 13.8 Å². The first-order valence-corrected chi connectivity index (χ1v) is 4.55. The van der Waals surface area contributed by atoms with Crippen LogP contribution in [0, 0.1) is 0 Å². The molecule has 0 aromatic rings. The van der Waals surface area contributed by atoms with Crippen LogP contribution in [0.25, 0.3) is 0 Å². The molecule has 0 heterocycles. The predicted octanol–water partition coefficient (Wildman–Crippen LogP) is 0.770. The average Bonchev–Trinajstić information content (AvgIpc) is 1.96. The molecule has 0 aromatic heterocycles. The summed E-state index contributed by atoms with van der Waals surface area (Å²) in [5.41, 5.74) is 0. The van der Waals surface area contributed by atoms with E-state index >= 15 is 0 Å². The molecule has 0 aliphatic carbocycles. The molecule has 0 radical (unpaired) electrons. The maximum atomic E-state index is 9.36. The summed E-state index contributed by atoms with van der Waals surface area (Å²) in [6.07, 6.45) is -0.200. The normalized spacial score (nSPS) is 14.2. The van der Waals surface area contributed by atoms with Crippen LogP contribution < -0.4 is 5.32 Å². The molecular formula is C9H21NO2. The average molecular weight is 175 g/mol. The fourth-order valence-corrected chi connectivity index (χ4v) is 0.734. The van der Waals surface area contributed by atoms with Gasteiger partial charge in [-0.1, -0.05) is 13.8 Å². The quantitative estimate of drug-likeness (QED) is 0.626. The fourth-order valence-electron chi connectivity index (χ4n) is 0.734. The molecule has 0 aromatic carbocycles. The van der Waals surface area contributed by atoms with Gasteiger partial charge < -0.3 is 15.2 Å². The van der Waals surface area contributed by atoms with Crippen LogP contribution in [0.1, 0.15) is 27.7 Å². The molecule has 0 rings (SSSR count). The van der Waals surface area contributed by atoms with Crippen molar-refractivity contribution in [3.05, 3.63) is 0 Å². The van der Waals surface area contributed by atoms with Gasteiger partial charge in [-0.3, -0.25) is 0 Å². The van der Waals surface area contributed by atoms with Crippen LogP contribution in [-0.4, -0.2) is 36.5 Å². The molecule has 12 heavy (non-hydrogen) atoms. The van der Waals surface area contributed by atoms with Gasteiger partial charge in [-0.15, -0.1) is 0 Å². The lowest BCUT2D eigenvalue weighted by molar-refractivity contribution is 0.00580. The van der Waals surface area contributed by atoms with Crippen molar-refractivity contribution in [3.63, 3.8) is 0 Å². The Bertz CT molecular complexity index is 92.7. The molecule has 0 aliphatic heterocycles. The minimum Gasteiger partial charge on any atom is -0.389 e. The second-order valence-corrected chi connectivity index (χ2v) is 3.60. The zero-order chi connectivity index (χ0) is 9.56. The van der Waals surface area contributed by atoms with Crippen LogP contribution in [0.3, 0.4) is 0 Å². The third-order valence-electron chi connectivity index (χ3n) is 1.38. The molecule has 3 nitrogen and oxygen atoms in total. The van der Waals surface area contributed by atoms with Crippen LogP contribution in [0.2, 0.25) is 0 Å². The van der Waals surface area contributed by atoms with Gasteiger partial charge in [0.05, 0.1) is 18.8 Å². The van der Waals surface area contributed by atoms with Crippen molar-refractivity contribution in [2.45, 2.75) is 45.9 Å². The summed E-state index contributed by atoms with van der Waals surface area (Å²) in [6, 6.07) is 0.415. The predicted molar refractivity (Wildman–Crippen MR) is 50.2 cm³/mol. The summed E-state index contributed by atoms with van der Waals surface area (Å²) < 4.78 is 5.25. The summed E-state index contributed by atoms with van der Waals surface area (Å²) in [7, 11) is 0. The van der Waals surface area contributed by atoms with Crippen LogP contribution in [0.4, 0.5) is 0 Å². The highest BCUT2D eigenvalue weighted by molar-refractivity contribution is 4.61. The summed E-state index contributed by atoms with van der Waals surface area (Å²) in [5.74, 6) is 0. The van der Waals surface area contributed by atoms with E-state index < -0.39 is 6.10 Å². The van der Waals surface area contributed by atoms with Crippen molar-refractivity contribution in [2.75, 3.05) is 13.2 Å². The standard InChI is InChI=1S/C9H21NO2/c1-7(2)10-5-9(11)6-12-8(3)4/h7-11H,5-6H2,1-4H3/t9-/m1/s1. The Labute approximate surface area is 75.1 Å². The number of rotatable bonds is 6. The molecule has 0 bridgehead atoms. The molecule has 1 atom stereocenters. The van der Waals surface area contributed by atoms with Gasteiger partial charge in [-0.25, -0.2) is 0 Å². The third-order valence-corrected chi connectivity index (χ3v) is 1.38. The van der Waals surface area contributed by atoms with E-state index in [4.69, 9.17) is 4.74 Å². The molecule has 74 valence electrons. The summed E-state index contributed by atoms with van der Waals surface area (Å²) in [4.78, 5) is 0. The minimum absolute atomic E-state index is 0.193. The zero-order valence-corrected chi connectivity index (χ0v) is 8.50.